The molecule has 6 nitrogen and oxygen atoms in total. The van der Waals surface area contributed by atoms with E-state index in [0.717, 1.165) is 37.5 Å². The largest absolute Gasteiger partial charge is 0.357 e. The summed E-state index contributed by atoms with van der Waals surface area (Å²) < 4.78 is 27.2. The predicted molar refractivity (Wildman–Crippen MR) is 135 cm³/mol. The van der Waals surface area contributed by atoms with Gasteiger partial charge in [-0.1, -0.05) is 32.0 Å². The molecule has 1 aliphatic carbocycles. The number of nitrogens with zero attached hydrogens (tertiary/aromatic N) is 1. The van der Waals surface area contributed by atoms with Crippen LogP contribution in [-0.2, 0) is 22.0 Å². The Balaban J connectivity index is 0.00000320. The average molecular weight is 563 g/mol. The van der Waals surface area contributed by atoms with E-state index < -0.39 is 10.0 Å². The third-order valence-corrected chi connectivity index (χ3v) is 7.55. The fourth-order valence-electron chi connectivity index (χ4n) is 2.83. The number of hydrogen-bond acceptors (Lipinski definition) is 4. The maximum atomic E-state index is 12.3. The second-order valence-electron chi connectivity index (χ2n) is 7.95. The second kappa shape index (κ2) is 10.9. The van der Waals surface area contributed by atoms with E-state index in [-0.39, 0.29) is 35.4 Å². The Kier molecular flexibility index (Phi) is 9.13. The van der Waals surface area contributed by atoms with Crippen LogP contribution in [0.5, 0.6) is 0 Å². The highest BCUT2D eigenvalue weighted by atomic mass is 127. The first-order chi connectivity index (χ1) is 13.8. The number of guanidine groups is 1. The van der Waals surface area contributed by atoms with Crippen LogP contribution in [0.3, 0.4) is 0 Å². The molecule has 0 amide bonds. The van der Waals surface area contributed by atoms with E-state index in [9.17, 15) is 8.42 Å². The Morgan fingerprint density at radius 2 is 1.87 bits per heavy atom. The zero-order valence-corrected chi connectivity index (χ0v) is 21.6. The van der Waals surface area contributed by atoms with Crippen LogP contribution in [0.25, 0.3) is 0 Å². The summed E-state index contributed by atoms with van der Waals surface area (Å²) in [5.74, 6) is 0.754. The predicted octanol–water partition coefficient (Wildman–Crippen LogP) is 3.84. The van der Waals surface area contributed by atoms with Crippen LogP contribution in [0.15, 0.2) is 51.7 Å². The minimum Gasteiger partial charge on any atom is -0.357 e. The van der Waals surface area contributed by atoms with Gasteiger partial charge in [-0.2, -0.15) is 0 Å². The van der Waals surface area contributed by atoms with E-state index in [2.05, 4.69) is 51.7 Å². The monoisotopic (exact) mass is 562 g/mol. The molecule has 2 aromatic rings. The summed E-state index contributed by atoms with van der Waals surface area (Å²) >= 11 is 1.76. The summed E-state index contributed by atoms with van der Waals surface area (Å²) in [7, 11) is -3.41. The highest BCUT2D eigenvalue weighted by molar-refractivity contribution is 14.0. The fourth-order valence-corrected chi connectivity index (χ4v) is 4.99. The van der Waals surface area contributed by atoms with Gasteiger partial charge in [-0.05, 0) is 48.9 Å². The summed E-state index contributed by atoms with van der Waals surface area (Å²) in [5, 5.41) is 8.79. The van der Waals surface area contributed by atoms with Crippen molar-refractivity contribution in [1.82, 2.24) is 15.4 Å². The van der Waals surface area contributed by atoms with Crippen molar-refractivity contribution < 1.29 is 8.42 Å². The molecule has 1 heterocycles. The van der Waals surface area contributed by atoms with Gasteiger partial charge in [-0.3, -0.25) is 0 Å². The molecule has 0 bridgehead atoms. The lowest BCUT2D eigenvalue weighted by Crippen LogP contribution is -2.43. The second-order valence-corrected chi connectivity index (χ2v) is 10.6. The molecule has 1 fully saturated rings. The molecule has 0 aliphatic heterocycles. The standard InChI is InChI=1S/C21H30N4O2S2.HI/c1-4-22-20(24-15-21(2,3)19-6-5-13-28-19)23-14-16-7-11-18(12-8-16)29(26,27)25-17-9-10-17;/h5-8,11-13,17,25H,4,9-10,14-15H2,1-3H3,(H2,22,23,24);1H. The molecule has 0 spiro atoms. The van der Waals surface area contributed by atoms with Crippen molar-refractivity contribution >= 4 is 51.3 Å². The number of hydrogen-bond donors (Lipinski definition) is 3. The minimum absolute atomic E-state index is 0. The van der Waals surface area contributed by atoms with E-state index in [4.69, 9.17) is 0 Å². The summed E-state index contributed by atoms with van der Waals surface area (Å²) in [4.78, 5) is 6.29. The Morgan fingerprint density at radius 3 is 2.43 bits per heavy atom. The van der Waals surface area contributed by atoms with Gasteiger partial charge in [-0.15, -0.1) is 35.3 Å². The SMILES string of the molecule is CCNC(=NCc1ccc(S(=O)(=O)NC2CC2)cc1)NCC(C)(C)c1cccs1.I. The molecule has 0 saturated heterocycles. The van der Waals surface area contributed by atoms with Gasteiger partial charge < -0.3 is 10.6 Å². The maximum Gasteiger partial charge on any atom is 0.240 e. The van der Waals surface area contributed by atoms with Crippen LogP contribution < -0.4 is 15.4 Å². The van der Waals surface area contributed by atoms with Crippen LogP contribution in [0.1, 0.15) is 44.1 Å². The molecule has 30 heavy (non-hydrogen) atoms. The first kappa shape index (κ1) is 25.1. The number of nitrogens with one attached hydrogen (secondary N) is 3. The van der Waals surface area contributed by atoms with Crippen molar-refractivity contribution in [1.29, 1.82) is 0 Å². The summed E-state index contributed by atoms with van der Waals surface area (Å²) in [6, 6.07) is 11.3. The number of rotatable bonds is 9. The third kappa shape index (κ3) is 7.21. The topological polar surface area (TPSA) is 82.6 Å². The highest BCUT2D eigenvalue weighted by Crippen LogP contribution is 2.26. The average Bonchev–Trinajstić information content (AvgIpc) is 3.30. The summed E-state index contributed by atoms with van der Waals surface area (Å²) in [5.41, 5.74) is 0.972. The molecule has 0 atom stereocenters. The maximum absolute atomic E-state index is 12.3. The van der Waals surface area contributed by atoms with Gasteiger partial charge in [0.2, 0.25) is 10.0 Å². The minimum atomic E-state index is -3.41. The zero-order valence-electron chi connectivity index (χ0n) is 17.6. The smallest absolute Gasteiger partial charge is 0.240 e. The van der Waals surface area contributed by atoms with Crippen LogP contribution in [0, 0.1) is 0 Å². The molecular weight excluding hydrogens is 531 g/mol. The third-order valence-electron chi connectivity index (χ3n) is 4.78. The molecule has 166 valence electrons. The molecule has 1 saturated carbocycles. The molecule has 9 heteroatoms. The zero-order chi connectivity index (χ0) is 20.9. The van der Waals surface area contributed by atoms with Crippen molar-refractivity contribution in [3.63, 3.8) is 0 Å². The molecular formula is C21H31IN4O2S2. The lowest BCUT2D eigenvalue weighted by molar-refractivity contribution is 0.518. The summed E-state index contributed by atoms with van der Waals surface area (Å²) in [6.07, 6.45) is 1.85. The van der Waals surface area contributed by atoms with E-state index in [1.54, 1.807) is 23.5 Å². The van der Waals surface area contributed by atoms with Gasteiger partial charge in [0.25, 0.3) is 0 Å². The Bertz CT molecular complexity index is 922. The first-order valence-corrected chi connectivity index (χ1v) is 12.3. The van der Waals surface area contributed by atoms with Gasteiger partial charge in [-0.25, -0.2) is 18.1 Å². The lowest BCUT2D eigenvalue weighted by atomic mass is 9.91. The Morgan fingerprint density at radius 1 is 1.17 bits per heavy atom. The molecule has 1 aliphatic rings. The molecule has 1 aromatic heterocycles. The van der Waals surface area contributed by atoms with E-state index in [1.807, 2.05) is 19.1 Å². The van der Waals surface area contributed by atoms with Crippen molar-refractivity contribution in [3.8, 4) is 0 Å². The molecule has 0 unspecified atom stereocenters. The molecule has 3 rings (SSSR count). The van der Waals surface area contributed by atoms with Crippen LogP contribution >= 0.6 is 35.3 Å². The van der Waals surface area contributed by atoms with Crippen molar-refractivity contribution in [2.75, 3.05) is 13.1 Å². The quantitative estimate of drug-likeness (QED) is 0.247. The first-order valence-electron chi connectivity index (χ1n) is 9.97. The molecule has 3 N–H and O–H groups in total. The molecule has 1 aromatic carbocycles. The van der Waals surface area contributed by atoms with E-state index >= 15 is 0 Å². The Labute approximate surface area is 201 Å². The van der Waals surface area contributed by atoms with Crippen molar-refractivity contribution in [3.05, 3.63) is 52.2 Å². The molecule has 0 radical (unpaired) electrons. The van der Waals surface area contributed by atoms with Crippen LogP contribution in [-0.4, -0.2) is 33.5 Å². The van der Waals surface area contributed by atoms with E-state index in [1.165, 1.54) is 4.88 Å². The van der Waals surface area contributed by atoms with Crippen molar-refractivity contribution in [2.45, 2.75) is 56.5 Å². The number of aliphatic imine (C=N–C) groups is 1. The van der Waals surface area contributed by atoms with Gasteiger partial charge in [0.15, 0.2) is 5.96 Å². The lowest BCUT2D eigenvalue weighted by Gasteiger charge is -2.25. The van der Waals surface area contributed by atoms with Gasteiger partial charge >= 0.3 is 0 Å². The van der Waals surface area contributed by atoms with Gasteiger partial charge in [0, 0.05) is 29.4 Å². The number of halogens is 1. The number of thiophene rings is 1. The Hall–Kier alpha value is -1.17. The van der Waals surface area contributed by atoms with Crippen molar-refractivity contribution in [2.24, 2.45) is 4.99 Å². The number of benzene rings is 1. The summed E-state index contributed by atoms with van der Waals surface area (Å²) in [6.45, 7) is 8.48. The van der Waals surface area contributed by atoms with Crippen LogP contribution in [0.4, 0.5) is 0 Å². The van der Waals surface area contributed by atoms with E-state index in [0.29, 0.717) is 11.4 Å². The fraction of sp³-hybridized carbons (Fsp3) is 0.476. The van der Waals surface area contributed by atoms with Gasteiger partial charge in [0.1, 0.15) is 0 Å². The normalized spacial score (nSPS) is 14.8. The van der Waals surface area contributed by atoms with Gasteiger partial charge in [0.05, 0.1) is 11.4 Å². The highest BCUT2D eigenvalue weighted by Gasteiger charge is 2.27. The van der Waals surface area contributed by atoms with Crippen LogP contribution in [0.2, 0.25) is 0 Å². The number of sulfonamides is 1.